The number of nitrogens with one attached hydrogen (secondary N) is 2. The van der Waals surface area contributed by atoms with Crippen LogP contribution < -0.4 is 10.6 Å². The molecule has 128 valence electrons. The van der Waals surface area contributed by atoms with Crippen LogP contribution in [0.5, 0.6) is 0 Å². The number of carbonyl (C=O) groups is 3. The van der Waals surface area contributed by atoms with E-state index in [0.29, 0.717) is 17.9 Å². The summed E-state index contributed by atoms with van der Waals surface area (Å²) in [7, 11) is 0. The molecule has 0 radical (unpaired) electrons. The molecule has 2 N–H and O–H groups in total. The molecule has 24 heavy (non-hydrogen) atoms. The molecule has 1 aromatic rings. The van der Waals surface area contributed by atoms with Crippen LogP contribution in [0.1, 0.15) is 44.2 Å². The Bertz CT molecular complexity index is 685. The Balaban J connectivity index is 1.62. The lowest BCUT2D eigenvalue weighted by atomic mass is 9.98. The molecule has 7 heteroatoms. The summed E-state index contributed by atoms with van der Waals surface area (Å²) >= 11 is 5.95. The number of carbonyl (C=O) groups excluding carboxylic acids is 3. The number of nitrogens with zero attached hydrogens (tertiary/aromatic N) is 1. The summed E-state index contributed by atoms with van der Waals surface area (Å²) in [5.41, 5.74) is 0.0796. The molecule has 1 spiro atoms. The average Bonchev–Trinajstić information content (AvgIpc) is 3.09. The molecule has 1 aliphatic heterocycles. The first-order valence-corrected chi connectivity index (χ1v) is 8.48. The first-order valence-electron chi connectivity index (χ1n) is 8.10. The van der Waals surface area contributed by atoms with Gasteiger partial charge in [0.15, 0.2) is 0 Å². The van der Waals surface area contributed by atoms with E-state index in [1.165, 1.54) is 0 Å². The number of imide groups is 1. The molecule has 6 nitrogen and oxygen atoms in total. The van der Waals surface area contributed by atoms with Crippen molar-refractivity contribution >= 4 is 29.4 Å². The zero-order valence-electron chi connectivity index (χ0n) is 13.5. The third kappa shape index (κ3) is 3.11. The quantitative estimate of drug-likeness (QED) is 0.819. The van der Waals surface area contributed by atoms with Gasteiger partial charge >= 0.3 is 6.03 Å². The lowest BCUT2D eigenvalue weighted by Crippen LogP contribution is -2.45. The average molecular weight is 350 g/mol. The van der Waals surface area contributed by atoms with Crippen molar-refractivity contribution in [2.75, 3.05) is 6.54 Å². The van der Waals surface area contributed by atoms with E-state index in [2.05, 4.69) is 10.6 Å². The molecule has 1 atom stereocenters. The molecule has 1 aliphatic carbocycles. The molecule has 1 saturated heterocycles. The molecule has 2 fully saturated rings. The van der Waals surface area contributed by atoms with Gasteiger partial charge in [0, 0.05) is 5.02 Å². The summed E-state index contributed by atoms with van der Waals surface area (Å²) in [6.45, 7) is 1.56. The van der Waals surface area contributed by atoms with Crippen LogP contribution in [0.3, 0.4) is 0 Å². The minimum atomic E-state index is -0.782. The Hall–Kier alpha value is -2.08. The van der Waals surface area contributed by atoms with Crippen LogP contribution in [0.25, 0.3) is 0 Å². The number of hydrogen-bond donors (Lipinski definition) is 2. The van der Waals surface area contributed by atoms with Gasteiger partial charge in [0.1, 0.15) is 12.1 Å². The third-order valence-corrected chi connectivity index (χ3v) is 4.97. The molecule has 1 heterocycles. The fourth-order valence-corrected chi connectivity index (χ4v) is 3.63. The van der Waals surface area contributed by atoms with E-state index in [0.717, 1.165) is 23.3 Å². The van der Waals surface area contributed by atoms with Crippen molar-refractivity contribution in [2.45, 2.75) is 44.2 Å². The maximum Gasteiger partial charge on any atom is 0.325 e. The van der Waals surface area contributed by atoms with E-state index in [4.69, 9.17) is 11.6 Å². The van der Waals surface area contributed by atoms with Gasteiger partial charge in [-0.1, -0.05) is 36.6 Å². The third-order valence-electron chi connectivity index (χ3n) is 4.73. The van der Waals surface area contributed by atoms with Gasteiger partial charge in [-0.05, 0) is 37.5 Å². The van der Waals surface area contributed by atoms with Crippen LogP contribution in [0, 0.1) is 0 Å². The van der Waals surface area contributed by atoms with Gasteiger partial charge in [-0.2, -0.15) is 0 Å². The van der Waals surface area contributed by atoms with Crippen LogP contribution in [0.15, 0.2) is 24.3 Å². The van der Waals surface area contributed by atoms with Crippen LogP contribution in [0.4, 0.5) is 4.79 Å². The Labute approximate surface area is 145 Å². The highest BCUT2D eigenvalue weighted by atomic mass is 35.5. The summed E-state index contributed by atoms with van der Waals surface area (Å²) < 4.78 is 0. The number of halogens is 1. The molecule has 0 unspecified atom stereocenters. The molecule has 0 aromatic heterocycles. The van der Waals surface area contributed by atoms with Crippen molar-refractivity contribution in [2.24, 2.45) is 0 Å². The Morgan fingerprint density at radius 3 is 2.75 bits per heavy atom. The van der Waals surface area contributed by atoms with Gasteiger partial charge in [0.05, 0.1) is 6.04 Å². The Kier molecular flexibility index (Phi) is 4.49. The monoisotopic (exact) mass is 349 g/mol. The molecule has 2 aliphatic rings. The maximum absolute atomic E-state index is 12.5. The summed E-state index contributed by atoms with van der Waals surface area (Å²) in [6.07, 6.45) is 3.12. The van der Waals surface area contributed by atoms with E-state index in [1.807, 2.05) is 19.1 Å². The second-order valence-electron chi connectivity index (χ2n) is 6.45. The second kappa shape index (κ2) is 6.43. The van der Waals surface area contributed by atoms with Gasteiger partial charge in [0.25, 0.3) is 5.91 Å². The highest BCUT2D eigenvalue weighted by molar-refractivity contribution is 6.30. The van der Waals surface area contributed by atoms with Crippen molar-refractivity contribution in [3.05, 3.63) is 34.9 Å². The second-order valence-corrected chi connectivity index (χ2v) is 6.89. The van der Waals surface area contributed by atoms with Crippen LogP contribution in [0.2, 0.25) is 5.02 Å². The maximum atomic E-state index is 12.5. The van der Waals surface area contributed by atoms with Crippen molar-refractivity contribution in [1.82, 2.24) is 15.5 Å². The Morgan fingerprint density at radius 1 is 1.38 bits per heavy atom. The van der Waals surface area contributed by atoms with E-state index >= 15 is 0 Å². The van der Waals surface area contributed by atoms with Crippen LogP contribution >= 0.6 is 11.6 Å². The molecule has 1 saturated carbocycles. The first-order chi connectivity index (χ1) is 11.4. The standard InChI is InChI=1S/C17H20ClN3O3/c1-11(12-5-4-6-13(18)9-12)19-14(22)10-21-15(23)17(20-16(21)24)7-2-3-8-17/h4-6,9,11H,2-3,7-8,10H2,1H3,(H,19,22)(H,20,24)/t11-/m0/s1. The topological polar surface area (TPSA) is 78.5 Å². The van der Waals surface area contributed by atoms with Crippen LogP contribution in [-0.2, 0) is 9.59 Å². The van der Waals surface area contributed by atoms with Gasteiger partial charge in [-0.25, -0.2) is 4.79 Å². The number of benzene rings is 1. The summed E-state index contributed by atoms with van der Waals surface area (Å²) in [5, 5.41) is 6.15. The number of urea groups is 1. The van der Waals surface area contributed by atoms with Crippen LogP contribution in [-0.4, -0.2) is 34.8 Å². The lowest BCUT2D eigenvalue weighted by Gasteiger charge is -2.20. The number of amides is 4. The van der Waals surface area contributed by atoms with Gasteiger partial charge < -0.3 is 10.6 Å². The van der Waals surface area contributed by atoms with E-state index in [1.54, 1.807) is 12.1 Å². The van der Waals surface area contributed by atoms with Gasteiger partial charge in [-0.3, -0.25) is 14.5 Å². The predicted octanol–water partition coefficient (Wildman–Crippen LogP) is 2.38. The molecule has 4 amide bonds. The smallest absolute Gasteiger partial charge is 0.325 e. The van der Waals surface area contributed by atoms with Crippen molar-refractivity contribution < 1.29 is 14.4 Å². The van der Waals surface area contributed by atoms with Gasteiger partial charge in [-0.15, -0.1) is 0 Å². The number of hydrogen-bond acceptors (Lipinski definition) is 3. The fourth-order valence-electron chi connectivity index (χ4n) is 3.43. The van der Waals surface area contributed by atoms with Crippen molar-refractivity contribution in [1.29, 1.82) is 0 Å². The lowest BCUT2D eigenvalue weighted by molar-refractivity contribution is -0.135. The zero-order chi connectivity index (χ0) is 17.3. The van der Waals surface area contributed by atoms with Crippen molar-refractivity contribution in [3.8, 4) is 0 Å². The number of rotatable bonds is 4. The highest BCUT2D eigenvalue weighted by Gasteiger charge is 2.52. The van der Waals surface area contributed by atoms with E-state index in [9.17, 15) is 14.4 Å². The van der Waals surface area contributed by atoms with E-state index in [-0.39, 0.29) is 24.4 Å². The largest absolute Gasteiger partial charge is 0.348 e. The molecular formula is C17H20ClN3O3. The Morgan fingerprint density at radius 2 is 2.08 bits per heavy atom. The summed E-state index contributed by atoms with van der Waals surface area (Å²) in [4.78, 5) is 37.9. The summed E-state index contributed by atoms with van der Waals surface area (Å²) in [6, 6.07) is 6.45. The summed E-state index contributed by atoms with van der Waals surface area (Å²) in [5.74, 6) is -0.656. The first kappa shape index (κ1) is 16.8. The van der Waals surface area contributed by atoms with Crippen molar-refractivity contribution in [3.63, 3.8) is 0 Å². The minimum Gasteiger partial charge on any atom is -0.348 e. The molecule has 1 aromatic carbocycles. The highest BCUT2D eigenvalue weighted by Crippen LogP contribution is 2.34. The molecular weight excluding hydrogens is 330 g/mol. The zero-order valence-corrected chi connectivity index (χ0v) is 14.2. The SMILES string of the molecule is C[C@H](NC(=O)CN1C(=O)NC2(CCCC2)C1=O)c1cccc(Cl)c1. The predicted molar refractivity (Wildman–Crippen MR) is 89.5 cm³/mol. The fraction of sp³-hybridized carbons (Fsp3) is 0.471. The normalized spacial score (nSPS) is 20.3. The van der Waals surface area contributed by atoms with E-state index < -0.39 is 11.6 Å². The molecule has 0 bridgehead atoms. The molecule has 3 rings (SSSR count). The minimum absolute atomic E-state index is 0.266. The van der Waals surface area contributed by atoms with Gasteiger partial charge in [0.2, 0.25) is 5.91 Å².